The second-order valence-electron chi connectivity index (χ2n) is 6.54. The Kier molecular flexibility index (Phi) is 4.87. The number of carbonyl (C=O) groups excluding carboxylic acids is 1. The largest absolute Gasteiger partial charge is 0.457 e. The molecule has 27 heavy (non-hydrogen) atoms. The van der Waals surface area contributed by atoms with Crippen molar-refractivity contribution in [3.8, 4) is 11.5 Å². The first-order valence-corrected chi connectivity index (χ1v) is 8.90. The van der Waals surface area contributed by atoms with E-state index in [-0.39, 0.29) is 11.7 Å². The molecule has 0 atom stereocenters. The predicted molar refractivity (Wildman–Crippen MR) is 96.9 cm³/mol. The van der Waals surface area contributed by atoms with Gasteiger partial charge in [0.05, 0.1) is 12.7 Å². The molecule has 3 aromatic rings. The molecule has 2 heterocycles. The van der Waals surface area contributed by atoms with Crippen molar-refractivity contribution in [2.45, 2.75) is 25.8 Å². The Balaban J connectivity index is 1.34. The van der Waals surface area contributed by atoms with E-state index < -0.39 is 0 Å². The van der Waals surface area contributed by atoms with Crippen LogP contribution >= 0.6 is 0 Å². The van der Waals surface area contributed by atoms with Gasteiger partial charge >= 0.3 is 0 Å². The van der Waals surface area contributed by atoms with E-state index in [0.717, 1.165) is 16.9 Å². The van der Waals surface area contributed by atoms with E-state index in [1.54, 1.807) is 18.3 Å². The predicted octanol–water partition coefficient (Wildman–Crippen LogP) is 4.12. The number of rotatable bonds is 5. The first-order valence-electron chi connectivity index (χ1n) is 8.90. The van der Waals surface area contributed by atoms with Gasteiger partial charge in [-0.25, -0.2) is 4.39 Å². The maximum absolute atomic E-state index is 13.0. The number of nitrogens with zero attached hydrogens (tertiary/aromatic N) is 2. The van der Waals surface area contributed by atoms with Crippen LogP contribution in [0.4, 0.5) is 4.39 Å². The molecule has 0 N–H and O–H groups in total. The third-order valence-corrected chi connectivity index (χ3v) is 4.63. The summed E-state index contributed by atoms with van der Waals surface area (Å²) in [5.74, 6) is 1.93. The minimum atomic E-state index is -0.300. The fourth-order valence-corrected chi connectivity index (χ4v) is 3.17. The van der Waals surface area contributed by atoms with Gasteiger partial charge in [-0.05, 0) is 48.4 Å². The number of fused-ring (bicyclic) bond motifs is 1. The van der Waals surface area contributed by atoms with Crippen LogP contribution in [0.5, 0.6) is 11.5 Å². The molecule has 1 aliphatic rings. The van der Waals surface area contributed by atoms with Crippen LogP contribution in [0.2, 0.25) is 0 Å². The molecule has 0 saturated heterocycles. The average molecular weight is 366 g/mol. The first-order chi connectivity index (χ1) is 13.2. The fraction of sp³-hybridized carbons (Fsp3) is 0.238. The van der Waals surface area contributed by atoms with Crippen molar-refractivity contribution < 1.29 is 18.4 Å². The van der Waals surface area contributed by atoms with Crippen molar-refractivity contribution in [3.63, 3.8) is 0 Å². The summed E-state index contributed by atoms with van der Waals surface area (Å²) in [6.45, 7) is 1.22. The molecule has 0 saturated carbocycles. The lowest BCUT2D eigenvalue weighted by atomic mass is 10.1. The van der Waals surface area contributed by atoms with E-state index in [0.29, 0.717) is 43.9 Å². The van der Waals surface area contributed by atoms with Crippen molar-refractivity contribution in [2.75, 3.05) is 6.54 Å². The standard InChI is InChI=1S/C21H19FN2O3/c22-17-5-7-18(8-6-17)26-19-3-1-2-15(12-19)4-9-21(25)24-11-10-20-16(14-24)13-23-27-20/h1-3,5-8,12-13H,4,9-11,14H2. The van der Waals surface area contributed by atoms with E-state index >= 15 is 0 Å². The zero-order valence-electron chi connectivity index (χ0n) is 14.7. The van der Waals surface area contributed by atoms with Crippen LogP contribution in [0.15, 0.2) is 59.3 Å². The van der Waals surface area contributed by atoms with Crippen molar-refractivity contribution in [2.24, 2.45) is 0 Å². The van der Waals surface area contributed by atoms with Gasteiger partial charge in [0, 0.05) is 24.9 Å². The Morgan fingerprint density at radius 3 is 2.89 bits per heavy atom. The van der Waals surface area contributed by atoms with Crippen molar-refractivity contribution in [1.82, 2.24) is 10.1 Å². The van der Waals surface area contributed by atoms with Crippen LogP contribution in [0, 0.1) is 5.82 Å². The summed E-state index contributed by atoms with van der Waals surface area (Å²) < 4.78 is 23.9. The molecule has 4 rings (SSSR count). The molecule has 6 heteroatoms. The number of benzene rings is 2. The molecule has 0 spiro atoms. The quantitative estimate of drug-likeness (QED) is 0.681. The Labute approximate surface area is 156 Å². The highest BCUT2D eigenvalue weighted by Gasteiger charge is 2.23. The van der Waals surface area contributed by atoms with Gasteiger partial charge in [-0.15, -0.1) is 0 Å². The third kappa shape index (κ3) is 4.16. The fourth-order valence-electron chi connectivity index (χ4n) is 3.17. The first kappa shape index (κ1) is 17.3. The number of halogens is 1. The van der Waals surface area contributed by atoms with Gasteiger partial charge < -0.3 is 14.2 Å². The molecule has 1 aromatic heterocycles. The summed E-state index contributed by atoms with van der Waals surface area (Å²) in [7, 11) is 0. The number of carbonyl (C=O) groups is 1. The van der Waals surface area contributed by atoms with Gasteiger partial charge in [0.2, 0.25) is 5.91 Å². The van der Waals surface area contributed by atoms with Crippen molar-refractivity contribution in [1.29, 1.82) is 0 Å². The molecule has 0 fully saturated rings. The Morgan fingerprint density at radius 2 is 2.04 bits per heavy atom. The molecule has 1 amide bonds. The number of hydrogen-bond donors (Lipinski definition) is 0. The highest BCUT2D eigenvalue weighted by atomic mass is 19.1. The lowest BCUT2D eigenvalue weighted by Gasteiger charge is -2.25. The number of aryl methyl sites for hydroxylation is 1. The SMILES string of the molecule is O=C(CCc1cccc(Oc2ccc(F)cc2)c1)N1CCc2oncc2C1. The van der Waals surface area contributed by atoms with E-state index in [4.69, 9.17) is 9.26 Å². The zero-order chi connectivity index (χ0) is 18.6. The molecular formula is C21H19FN2O3. The Morgan fingerprint density at radius 1 is 1.19 bits per heavy atom. The zero-order valence-corrected chi connectivity index (χ0v) is 14.7. The van der Waals surface area contributed by atoms with Gasteiger partial charge in [-0.2, -0.15) is 0 Å². The minimum Gasteiger partial charge on any atom is -0.457 e. The van der Waals surface area contributed by atoms with Gasteiger partial charge in [0.1, 0.15) is 23.1 Å². The van der Waals surface area contributed by atoms with Crippen molar-refractivity contribution in [3.05, 3.63) is 77.4 Å². The molecule has 5 nitrogen and oxygen atoms in total. The topological polar surface area (TPSA) is 55.6 Å². The number of aromatic nitrogens is 1. The normalized spacial score (nSPS) is 13.3. The average Bonchev–Trinajstić information content (AvgIpc) is 3.16. The van der Waals surface area contributed by atoms with Crippen LogP contribution in [0.25, 0.3) is 0 Å². The van der Waals surface area contributed by atoms with Crippen molar-refractivity contribution >= 4 is 5.91 Å². The molecular weight excluding hydrogens is 347 g/mol. The Bertz CT molecular complexity index is 937. The Hall–Kier alpha value is -3.15. The summed E-state index contributed by atoms with van der Waals surface area (Å²) in [4.78, 5) is 14.4. The van der Waals surface area contributed by atoms with Gasteiger partial charge in [-0.1, -0.05) is 17.3 Å². The summed E-state index contributed by atoms with van der Waals surface area (Å²) in [6, 6.07) is 13.5. The summed E-state index contributed by atoms with van der Waals surface area (Å²) >= 11 is 0. The molecule has 2 aromatic carbocycles. The molecule has 0 radical (unpaired) electrons. The van der Waals surface area contributed by atoms with Crippen LogP contribution in [0.3, 0.4) is 0 Å². The van der Waals surface area contributed by atoms with Crippen LogP contribution in [0.1, 0.15) is 23.3 Å². The number of hydrogen-bond acceptors (Lipinski definition) is 4. The summed E-state index contributed by atoms with van der Waals surface area (Å²) in [6.07, 6.45) is 3.46. The van der Waals surface area contributed by atoms with E-state index in [1.165, 1.54) is 12.1 Å². The highest BCUT2D eigenvalue weighted by molar-refractivity contribution is 5.76. The second kappa shape index (κ2) is 7.61. The van der Waals surface area contributed by atoms with Crippen LogP contribution in [-0.2, 0) is 24.2 Å². The van der Waals surface area contributed by atoms with Gasteiger partial charge in [0.15, 0.2) is 0 Å². The maximum Gasteiger partial charge on any atom is 0.223 e. The number of amides is 1. The van der Waals surface area contributed by atoms with Gasteiger partial charge in [0.25, 0.3) is 0 Å². The van der Waals surface area contributed by atoms with Crippen LogP contribution in [-0.4, -0.2) is 22.5 Å². The summed E-state index contributed by atoms with van der Waals surface area (Å²) in [5.41, 5.74) is 2.01. The summed E-state index contributed by atoms with van der Waals surface area (Å²) in [5, 5.41) is 3.79. The van der Waals surface area contributed by atoms with Gasteiger partial charge in [-0.3, -0.25) is 4.79 Å². The number of ether oxygens (including phenoxy) is 1. The molecule has 0 bridgehead atoms. The monoisotopic (exact) mass is 366 g/mol. The molecule has 0 aliphatic carbocycles. The molecule has 1 aliphatic heterocycles. The lowest BCUT2D eigenvalue weighted by molar-refractivity contribution is -0.132. The maximum atomic E-state index is 13.0. The molecule has 138 valence electrons. The van der Waals surface area contributed by atoms with E-state index in [2.05, 4.69) is 5.16 Å². The van der Waals surface area contributed by atoms with E-state index in [1.807, 2.05) is 29.2 Å². The second-order valence-corrected chi connectivity index (χ2v) is 6.54. The molecule has 0 unspecified atom stereocenters. The smallest absolute Gasteiger partial charge is 0.223 e. The third-order valence-electron chi connectivity index (χ3n) is 4.63. The lowest BCUT2D eigenvalue weighted by Crippen LogP contribution is -2.35. The minimum absolute atomic E-state index is 0.117. The van der Waals surface area contributed by atoms with Crippen LogP contribution < -0.4 is 4.74 Å². The van der Waals surface area contributed by atoms with E-state index in [9.17, 15) is 9.18 Å². The highest BCUT2D eigenvalue weighted by Crippen LogP contribution is 2.24.